The van der Waals surface area contributed by atoms with Crippen molar-refractivity contribution in [1.82, 2.24) is 5.32 Å². The summed E-state index contributed by atoms with van der Waals surface area (Å²) in [5.74, 6) is 1.06. The van der Waals surface area contributed by atoms with Gasteiger partial charge in [0.25, 0.3) is 0 Å². The number of aryl methyl sites for hydroxylation is 1. The van der Waals surface area contributed by atoms with Crippen molar-refractivity contribution >= 4 is 17.3 Å². The fourth-order valence-corrected chi connectivity index (χ4v) is 4.08. The van der Waals surface area contributed by atoms with E-state index in [0.717, 1.165) is 34.6 Å². The molecule has 0 bridgehead atoms. The van der Waals surface area contributed by atoms with E-state index in [-0.39, 0.29) is 18.0 Å². The summed E-state index contributed by atoms with van der Waals surface area (Å²) in [4.78, 5) is 0. The second-order valence-corrected chi connectivity index (χ2v) is 7.85. The molecule has 2 unspecified atom stereocenters. The molecule has 0 spiro atoms. The second kappa shape index (κ2) is 8.82. The monoisotopic (exact) mass is 421 g/mol. The second-order valence-electron chi connectivity index (χ2n) is 7.42. The molecule has 30 heavy (non-hydrogen) atoms. The molecule has 3 aromatic rings. The number of quaternary nitrogens is 1. The zero-order valence-electron chi connectivity index (χ0n) is 17.1. The third-order valence-electron chi connectivity index (χ3n) is 5.55. The number of aromatic hydroxyl groups is 1. The van der Waals surface area contributed by atoms with E-state index < -0.39 is 0 Å². The van der Waals surface area contributed by atoms with Gasteiger partial charge in [-0.05, 0) is 47.9 Å². The summed E-state index contributed by atoms with van der Waals surface area (Å²) in [6.45, 7) is 2.15. The van der Waals surface area contributed by atoms with E-state index in [9.17, 15) is 5.11 Å². The van der Waals surface area contributed by atoms with Crippen LogP contribution in [-0.4, -0.2) is 12.2 Å². The van der Waals surface area contributed by atoms with E-state index >= 15 is 0 Å². The Bertz CT molecular complexity index is 1060. The quantitative estimate of drug-likeness (QED) is 0.565. The molecule has 3 aromatic carbocycles. The molecule has 4 N–H and O–H groups in total. The van der Waals surface area contributed by atoms with Crippen molar-refractivity contribution in [3.05, 3.63) is 100 Å². The number of methoxy groups -OCH3 is 1. The van der Waals surface area contributed by atoms with Gasteiger partial charge in [0, 0.05) is 16.8 Å². The molecule has 0 aromatic heterocycles. The largest absolute Gasteiger partial charge is 0.507 e. The molecular weight excluding hydrogens is 396 g/mol. The first-order valence-electron chi connectivity index (χ1n) is 10.1. The third kappa shape index (κ3) is 4.16. The lowest BCUT2D eigenvalue weighted by molar-refractivity contribution is -0.731. The molecule has 0 amide bonds. The molecule has 4 rings (SSSR count). The lowest BCUT2D eigenvalue weighted by atomic mass is 9.97. The normalized spacial score (nSPS) is 18.4. The van der Waals surface area contributed by atoms with E-state index in [1.807, 2.05) is 24.3 Å². The number of para-hydroxylation sites is 1. The van der Waals surface area contributed by atoms with Crippen LogP contribution in [0.2, 0.25) is 5.02 Å². The molecule has 0 radical (unpaired) electrons. The topological polar surface area (TPSA) is 58.1 Å². The van der Waals surface area contributed by atoms with Crippen LogP contribution < -0.4 is 15.4 Å². The summed E-state index contributed by atoms with van der Waals surface area (Å²) in [7, 11) is 1.68. The van der Waals surface area contributed by atoms with Crippen molar-refractivity contribution < 1.29 is 15.2 Å². The van der Waals surface area contributed by atoms with Gasteiger partial charge in [-0.2, -0.15) is 0 Å². The van der Waals surface area contributed by atoms with Gasteiger partial charge < -0.3 is 20.5 Å². The average Bonchev–Trinajstić information content (AvgIpc) is 2.80. The van der Waals surface area contributed by atoms with E-state index in [2.05, 4.69) is 54.0 Å². The Labute approximate surface area is 182 Å². The predicted molar refractivity (Wildman–Crippen MR) is 120 cm³/mol. The van der Waals surface area contributed by atoms with E-state index in [1.54, 1.807) is 19.2 Å². The van der Waals surface area contributed by atoms with Crippen molar-refractivity contribution in [1.29, 1.82) is 0 Å². The third-order valence-corrected chi connectivity index (χ3v) is 5.79. The number of nitrogens with one attached hydrogen (secondary N) is 1. The van der Waals surface area contributed by atoms with E-state index in [4.69, 9.17) is 16.3 Å². The molecule has 0 saturated heterocycles. The van der Waals surface area contributed by atoms with Gasteiger partial charge >= 0.3 is 0 Å². The van der Waals surface area contributed by atoms with Gasteiger partial charge in [-0.1, -0.05) is 54.9 Å². The van der Waals surface area contributed by atoms with E-state index in [1.165, 1.54) is 5.56 Å². The van der Waals surface area contributed by atoms with Crippen LogP contribution in [0.3, 0.4) is 0 Å². The maximum Gasteiger partial charge on any atom is 0.190 e. The highest BCUT2D eigenvalue weighted by atomic mass is 35.5. The molecule has 4 nitrogen and oxygen atoms in total. The van der Waals surface area contributed by atoms with Crippen molar-refractivity contribution in [3.63, 3.8) is 0 Å². The summed E-state index contributed by atoms with van der Waals surface area (Å²) in [6, 6.07) is 21.6. The van der Waals surface area contributed by atoms with Gasteiger partial charge in [-0.15, -0.1) is 0 Å². The molecule has 5 heteroatoms. The highest BCUT2D eigenvalue weighted by molar-refractivity contribution is 6.30. The van der Waals surface area contributed by atoms with Gasteiger partial charge in [-0.25, -0.2) is 0 Å². The lowest BCUT2D eigenvalue weighted by Gasteiger charge is -2.30. The van der Waals surface area contributed by atoms with Gasteiger partial charge in [0.05, 0.1) is 18.2 Å². The number of nitrogens with two attached hydrogens (primary N) is 1. The predicted octanol–water partition coefficient (Wildman–Crippen LogP) is 4.56. The Morgan fingerprint density at radius 2 is 1.80 bits per heavy atom. The first kappa shape index (κ1) is 20.3. The Morgan fingerprint density at radius 1 is 1.03 bits per heavy atom. The molecule has 1 aliphatic rings. The molecule has 0 fully saturated rings. The van der Waals surface area contributed by atoms with Crippen LogP contribution >= 0.6 is 11.6 Å². The summed E-state index contributed by atoms with van der Waals surface area (Å²) >= 11 is 6.24. The SMILES string of the molecule is CCc1ccc(C2=CC(c3cc(Cl)ccc3O)[NH2+]C(c3ccccc3OC)N2)cc1. The number of phenols is 1. The van der Waals surface area contributed by atoms with Gasteiger partial charge in [0.2, 0.25) is 0 Å². The molecule has 1 aliphatic heterocycles. The van der Waals surface area contributed by atoms with Crippen LogP contribution in [0, 0.1) is 0 Å². The van der Waals surface area contributed by atoms with Crippen molar-refractivity contribution in [3.8, 4) is 11.5 Å². The average molecular weight is 422 g/mol. The molecule has 1 heterocycles. The minimum Gasteiger partial charge on any atom is -0.507 e. The molecule has 0 aliphatic carbocycles. The van der Waals surface area contributed by atoms with Crippen LogP contribution in [0.25, 0.3) is 5.70 Å². The first-order chi connectivity index (χ1) is 14.6. The van der Waals surface area contributed by atoms with Crippen molar-refractivity contribution in [2.75, 3.05) is 7.11 Å². The zero-order chi connectivity index (χ0) is 21.1. The maximum atomic E-state index is 10.5. The highest BCUT2D eigenvalue weighted by Gasteiger charge is 2.31. The Morgan fingerprint density at radius 3 is 2.53 bits per heavy atom. The minimum atomic E-state index is -0.110. The van der Waals surface area contributed by atoms with Crippen LogP contribution in [0.1, 0.15) is 41.4 Å². The number of hydrogen-bond acceptors (Lipinski definition) is 3. The number of ether oxygens (including phenoxy) is 1. The standard InChI is InChI=1S/C25H25ClN2O2/c1-3-16-8-10-17(11-9-16)21-15-22(20-14-18(26)12-13-23(20)29)28-25(27-21)19-6-4-5-7-24(19)30-2/h4-15,22,25,27-29H,3H2,1-2H3/p+1. The van der Waals surface area contributed by atoms with Crippen molar-refractivity contribution in [2.24, 2.45) is 0 Å². The lowest BCUT2D eigenvalue weighted by Crippen LogP contribution is -2.89. The minimum absolute atomic E-state index is 0.0876. The molecule has 154 valence electrons. The van der Waals surface area contributed by atoms with E-state index in [0.29, 0.717) is 5.02 Å². The van der Waals surface area contributed by atoms with Gasteiger partial charge in [0.1, 0.15) is 17.5 Å². The van der Waals surface area contributed by atoms with Crippen molar-refractivity contribution in [2.45, 2.75) is 25.6 Å². The zero-order valence-corrected chi connectivity index (χ0v) is 17.9. The summed E-state index contributed by atoms with van der Waals surface area (Å²) < 4.78 is 5.60. The van der Waals surface area contributed by atoms with Crippen LogP contribution in [0.15, 0.2) is 72.8 Å². The Kier molecular flexibility index (Phi) is 5.98. The first-order valence-corrected chi connectivity index (χ1v) is 10.5. The number of halogens is 1. The fourth-order valence-electron chi connectivity index (χ4n) is 3.90. The number of hydrogen-bond donors (Lipinski definition) is 3. The van der Waals surface area contributed by atoms with Crippen LogP contribution in [0.5, 0.6) is 11.5 Å². The summed E-state index contributed by atoms with van der Waals surface area (Å²) in [6.07, 6.45) is 3.05. The smallest absolute Gasteiger partial charge is 0.190 e. The number of rotatable bonds is 5. The van der Waals surface area contributed by atoms with Crippen LogP contribution in [-0.2, 0) is 6.42 Å². The Balaban J connectivity index is 1.78. The van der Waals surface area contributed by atoms with Gasteiger partial charge in [0.15, 0.2) is 6.17 Å². The van der Waals surface area contributed by atoms with Gasteiger partial charge in [-0.3, -0.25) is 0 Å². The van der Waals surface area contributed by atoms with Crippen LogP contribution in [0.4, 0.5) is 0 Å². The maximum absolute atomic E-state index is 10.5. The summed E-state index contributed by atoms with van der Waals surface area (Å²) in [5, 5.41) is 16.9. The Hall–Kier alpha value is -2.95. The molecule has 2 atom stereocenters. The number of phenolic OH excluding ortho intramolecular Hbond substituents is 1. The number of benzene rings is 3. The fraction of sp³-hybridized carbons (Fsp3) is 0.200. The molecule has 0 saturated carbocycles. The summed E-state index contributed by atoms with van der Waals surface area (Å²) in [5.41, 5.74) is 5.24. The molecular formula is C25H26ClN2O2+. The highest BCUT2D eigenvalue weighted by Crippen LogP contribution is 2.32.